The number of nitrogens with zero attached hydrogens (tertiary/aromatic N) is 3. The van der Waals surface area contributed by atoms with Crippen LogP contribution in [-0.2, 0) is 10.0 Å². The van der Waals surface area contributed by atoms with Gasteiger partial charge in [-0.3, -0.25) is 15.1 Å². The highest BCUT2D eigenvalue weighted by atomic mass is 32.2. The number of hydrazine groups is 1. The highest BCUT2D eigenvalue weighted by Gasteiger charge is 2.25. The molecule has 7 nitrogen and oxygen atoms in total. The maximum atomic E-state index is 12.5. The normalized spacial score (nSPS) is 11.1. The summed E-state index contributed by atoms with van der Waals surface area (Å²) in [5.41, 5.74) is 3.06. The second-order valence-electron chi connectivity index (χ2n) is 3.68. The van der Waals surface area contributed by atoms with Crippen LogP contribution in [0.15, 0.2) is 47.9 Å². The Kier molecular flexibility index (Phi) is 3.63. The lowest BCUT2D eigenvalue weighted by atomic mass is 10.4. The number of rotatable bonds is 4. The molecule has 0 fully saturated rings. The summed E-state index contributed by atoms with van der Waals surface area (Å²) in [4.78, 5) is 7.73. The quantitative estimate of drug-likeness (QED) is 0.627. The fraction of sp³-hybridized carbons (Fsp3) is 0.0909. The molecule has 8 heteroatoms. The molecular weight excluding hydrogens is 266 g/mol. The molecule has 0 bridgehead atoms. The smallest absolute Gasteiger partial charge is 0.283 e. The van der Waals surface area contributed by atoms with Crippen LogP contribution >= 0.6 is 0 Å². The number of aromatic nitrogens is 2. The zero-order valence-electron chi connectivity index (χ0n) is 10.2. The van der Waals surface area contributed by atoms with Crippen molar-refractivity contribution in [3.63, 3.8) is 0 Å². The van der Waals surface area contributed by atoms with E-state index in [1.165, 1.54) is 25.6 Å². The van der Waals surface area contributed by atoms with Crippen LogP contribution in [0.5, 0.6) is 0 Å². The van der Waals surface area contributed by atoms with Gasteiger partial charge in [-0.1, -0.05) is 0 Å². The van der Waals surface area contributed by atoms with Crippen molar-refractivity contribution >= 4 is 21.4 Å². The topological polar surface area (TPSA) is 101 Å². The van der Waals surface area contributed by atoms with E-state index >= 15 is 0 Å². The van der Waals surface area contributed by atoms with Crippen LogP contribution in [0, 0.1) is 0 Å². The molecule has 0 saturated carbocycles. The second-order valence-corrected chi connectivity index (χ2v) is 5.56. The molecule has 2 heterocycles. The molecule has 2 aromatic rings. The molecule has 0 aromatic carbocycles. The van der Waals surface area contributed by atoms with Crippen LogP contribution in [0.1, 0.15) is 0 Å². The minimum Gasteiger partial charge on any atom is -0.321 e. The fourth-order valence-corrected chi connectivity index (χ4v) is 2.79. The third-order valence-corrected chi connectivity index (χ3v) is 4.30. The van der Waals surface area contributed by atoms with Crippen LogP contribution < -0.4 is 15.6 Å². The van der Waals surface area contributed by atoms with Gasteiger partial charge in [0.15, 0.2) is 0 Å². The van der Waals surface area contributed by atoms with Crippen LogP contribution in [0.25, 0.3) is 0 Å². The number of anilines is 2. The summed E-state index contributed by atoms with van der Waals surface area (Å²) in [5, 5.41) is -0.128. The predicted octanol–water partition coefficient (Wildman–Crippen LogP) is 0.587. The monoisotopic (exact) mass is 279 g/mol. The molecule has 3 N–H and O–H groups in total. The van der Waals surface area contributed by atoms with E-state index in [9.17, 15) is 8.42 Å². The van der Waals surface area contributed by atoms with Gasteiger partial charge in [0.2, 0.25) is 5.03 Å². The Morgan fingerprint density at radius 1 is 1.21 bits per heavy atom. The number of nitrogens with two attached hydrogens (primary N) is 1. The fourth-order valence-electron chi connectivity index (χ4n) is 1.53. The molecule has 0 aliphatic heterocycles. The van der Waals surface area contributed by atoms with E-state index in [1.54, 1.807) is 24.3 Å². The summed E-state index contributed by atoms with van der Waals surface area (Å²) < 4.78 is 26.0. The highest BCUT2D eigenvalue weighted by molar-refractivity contribution is 7.92. The van der Waals surface area contributed by atoms with Gasteiger partial charge in [-0.05, 0) is 24.3 Å². The molecule has 2 rings (SSSR count). The molecule has 100 valence electrons. The van der Waals surface area contributed by atoms with Gasteiger partial charge < -0.3 is 5.43 Å². The number of nitrogen functional groups attached to an aromatic ring is 1. The molecule has 0 amide bonds. The van der Waals surface area contributed by atoms with Crippen molar-refractivity contribution < 1.29 is 8.42 Å². The summed E-state index contributed by atoms with van der Waals surface area (Å²) in [5.74, 6) is 5.30. The van der Waals surface area contributed by atoms with Crippen molar-refractivity contribution in [1.82, 2.24) is 9.97 Å². The minimum atomic E-state index is -3.78. The average molecular weight is 279 g/mol. The van der Waals surface area contributed by atoms with Gasteiger partial charge in [0.05, 0.1) is 11.4 Å². The Morgan fingerprint density at radius 2 is 1.89 bits per heavy atom. The van der Waals surface area contributed by atoms with Crippen LogP contribution in [0.2, 0.25) is 0 Å². The molecule has 0 unspecified atom stereocenters. The predicted molar refractivity (Wildman–Crippen MR) is 71.9 cm³/mol. The van der Waals surface area contributed by atoms with Gasteiger partial charge in [0, 0.05) is 25.6 Å². The first-order valence-electron chi connectivity index (χ1n) is 5.38. The first kappa shape index (κ1) is 13.2. The lowest BCUT2D eigenvalue weighted by molar-refractivity contribution is 0.591. The Hall–Kier alpha value is -2.19. The van der Waals surface area contributed by atoms with Gasteiger partial charge in [-0.25, -0.2) is 4.98 Å². The zero-order valence-corrected chi connectivity index (χ0v) is 11.0. The number of nitrogens with one attached hydrogen (secondary N) is 1. The van der Waals surface area contributed by atoms with E-state index in [2.05, 4.69) is 15.4 Å². The molecule has 0 aliphatic rings. The van der Waals surface area contributed by atoms with E-state index in [4.69, 9.17) is 5.84 Å². The molecule has 0 aliphatic carbocycles. The van der Waals surface area contributed by atoms with Crippen molar-refractivity contribution in [1.29, 1.82) is 0 Å². The van der Waals surface area contributed by atoms with Crippen molar-refractivity contribution in [2.75, 3.05) is 16.8 Å². The summed E-state index contributed by atoms with van der Waals surface area (Å²) >= 11 is 0. The number of pyridine rings is 2. The first-order chi connectivity index (χ1) is 9.07. The summed E-state index contributed by atoms with van der Waals surface area (Å²) in [6.45, 7) is 0. The molecular formula is C11H13N5O2S. The summed E-state index contributed by atoms with van der Waals surface area (Å²) in [6.07, 6.45) is 4.43. The largest absolute Gasteiger partial charge is 0.321 e. The van der Waals surface area contributed by atoms with Gasteiger partial charge in [-0.2, -0.15) is 8.42 Å². The van der Waals surface area contributed by atoms with E-state index < -0.39 is 10.0 Å². The highest BCUT2D eigenvalue weighted by Crippen LogP contribution is 2.24. The average Bonchev–Trinajstić information content (AvgIpc) is 2.47. The molecule has 0 atom stereocenters. The van der Waals surface area contributed by atoms with Gasteiger partial charge in [0.25, 0.3) is 10.0 Å². The molecule has 2 aromatic heterocycles. The molecule has 0 radical (unpaired) electrons. The number of sulfonamides is 1. The standard InChI is InChI=1S/C11H13N5O2S/c1-16(9-4-7-13-8-5-9)19(17,18)11-10(15-12)3-2-6-14-11/h2-8,15H,12H2,1H3. The Bertz CT molecular complexity index is 660. The van der Waals surface area contributed by atoms with Crippen molar-refractivity contribution in [2.45, 2.75) is 5.03 Å². The molecule has 0 spiro atoms. The second kappa shape index (κ2) is 5.21. The van der Waals surface area contributed by atoms with Gasteiger partial charge >= 0.3 is 0 Å². The SMILES string of the molecule is CN(c1ccncc1)S(=O)(=O)c1ncccc1NN. The van der Waals surface area contributed by atoms with E-state index in [0.29, 0.717) is 5.69 Å². The van der Waals surface area contributed by atoms with E-state index in [-0.39, 0.29) is 10.7 Å². The Labute approximate surface area is 111 Å². The van der Waals surface area contributed by atoms with Crippen molar-refractivity contribution in [2.24, 2.45) is 5.84 Å². The third-order valence-electron chi connectivity index (χ3n) is 2.56. The minimum absolute atomic E-state index is 0.128. The lowest BCUT2D eigenvalue weighted by Gasteiger charge is -2.19. The van der Waals surface area contributed by atoms with Crippen LogP contribution in [-0.4, -0.2) is 25.4 Å². The van der Waals surface area contributed by atoms with Crippen LogP contribution in [0.3, 0.4) is 0 Å². The summed E-state index contributed by atoms with van der Waals surface area (Å²) in [6, 6.07) is 6.33. The van der Waals surface area contributed by atoms with E-state index in [0.717, 1.165) is 4.31 Å². The van der Waals surface area contributed by atoms with Crippen molar-refractivity contribution in [3.8, 4) is 0 Å². The Morgan fingerprint density at radius 3 is 2.53 bits per heavy atom. The lowest BCUT2D eigenvalue weighted by Crippen LogP contribution is -2.28. The van der Waals surface area contributed by atoms with Crippen LogP contribution in [0.4, 0.5) is 11.4 Å². The van der Waals surface area contributed by atoms with Gasteiger partial charge in [0.1, 0.15) is 0 Å². The maximum absolute atomic E-state index is 12.5. The first-order valence-corrected chi connectivity index (χ1v) is 6.82. The molecule has 19 heavy (non-hydrogen) atoms. The number of hydrogen-bond donors (Lipinski definition) is 2. The maximum Gasteiger partial charge on any atom is 0.283 e. The zero-order chi connectivity index (χ0) is 13.9. The number of hydrogen-bond acceptors (Lipinski definition) is 6. The molecule has 0 saturated heterocycles. The summed E-state index contributed by atoms with van der Waals surface area (Å²) in [7, 11) is -2.34. The van der Waals surface area contributed by atoms with Gasteiger partial charge in [-0.15, -0.1) is 0 Å². The third kappa shape index (κ3) is 2.49. The van der Waals surface area contributed by atoms with E-state index in [1.807, 2.05) is 0 Å². The van der Waals surface area contributed by atoms with Crippen molar-refractivity contribution in [3.05, 3.63) is 42.9 Å². The Balaban J connectivity index is 2.48.